The first kappa shape index (κ1) is 13.2. The maximum atomic E-state index is 11.3. The molecule has 0 spiro atoms. The first-order valence-electron chi connectivity index (χ1n) is 5.43. The number of methoxy groups -OCH3 is 1. The first-order chi connectivity index (χ1) is 8.13. The summed E-state index contributed by atoms with van der Waals surface area (Å²) < 4.78 is 10.5. The van der Waals surface area contributed by atoms with Gasteiger partial charge in [-0.15, -0.1) is 0 Å². The Morgan fingerprint density at radius 1 is 1.29 bits per heavy atom. The second kappa shape index (κ2) is 6.62. The maximum Gasteiger partial charge on any atom is 0.317 e. The molecule has 0 unspecified atom stereocenters. The zero-order valence-electron chi connectivity index (χ0n) is 10.3. The Hall–Kier alpha value is -1.91. The molecule has 0 atom stereocenters. The number of nitrogens with one attached hydrogen (secondary N) is 2. The Bertz CT molecular complexity index is 367. The third-order valence-corrected chi connectivity index (χ3v) is 1.95. The van der Waals surface area contributed by atoms with E-state index in [4.69, 9.17) is 9.47 Å². The number of benzene rings is 1. The van der Waals surface area contributed by atoms with Gasteiger partial charge in [0.15, 0.2) is 18.2 Å². The Morgan fingerprint density at radius 3 is 2.53 bits per heavy atom. The van der Waals surface area contributed by atoms with Crippen molar-refractivity contribution in [3.63, 3.8) is 0 Å². The fraction of sp³-hybridized carbons (Fsp3) is 0.417. The van der Waals surface area contributed by atoms with Gasteiger partial charge in [-0.05, 0) is 26.0 Å². The molecule has 2 amide bonds. The molecule has 2 N–H and O–H groups in total. The van der Waals surface area contributed by atoms with Crippen molar-refractivity contribution < 1.29 is 14.3 Å². The molecule has 0 aliphatic carbocycles. The first-order valence-corrected chi connectivity index (χ1v) is 5.43. The molecule has 0 aliphatic rings. The van der Waals surface area contributed by atoms with Crippen molar-refractivity contribution in [2.45, 2.75) is 19.9 Å². The highest BCUT2D eigenvalue weighted by molar-refractivity contribution is 5.73. The van der Waals surface area contributed by atoms with Crippen molar-refractivity contribution in [1.29, 1.82) is 0 Å². The predicted octanol–water partition coefficient (Wildman–Crippen LogP) is 1.74. The van der Waals surface area contributed by atoms with Crippen LogP contribution in [-0.2, 0) is 0 Å². The minimum atomic E-state index is -0.255. The smallest absolute Gasteiger partial charge is 0.317 e. The van der Waals surface area contributed by atoms with E-state index in [1.807, 2.05) is 26.0 Å². The van der Waals surface area contributed by atoms with Crippen molar-refractivity contribution in [2.24, 2.45) is 0 Å². The number of amides is 2. The van der Waals surface area contributed by atoms with Crippen LogP contribution in [0, 0.1) is 0 Å². The van der Waals surface area contributed by atoms with Gasteiger partial charge in [-0.25, -0.2) is 4.79 Å². The van der Waals surface area contributed by atoms with Crippen molar-refractivity contribution in [1.82, 2.24) is 10.6 Å². The molecule has 1 aromatic rings. The number of carbonyl (C=O) groups excluding carboxylic acids is 1. The van der Waals surface area contributed by atoms with Gasteiger partial charge < -0.3 is 20.1 Å². The number of para-hydroxylation sites is 2. The monoisotopic (exact) mass is 238 g/mol. The van der Waals surface area contributed by atoms with Gasteiger partial charge in [0.2, 0.25) is 0 Å². The quantitative estimate of drug-likeness (QED) is 0.768. The lowest BCUT2D eigenvalue weighted by molar-refractivity contribution is 0.219. The minimum Gasteiger partial charge on any atom is -0.493 e. The van der Waals surface area contributed by atoms with Gasteiger partial charge >= 0.3 is 6.03 Å². The number of ether oxygens (including phenoxy) is 2. The number of urea groups is 1. The Labute approximate surface area is 101 Å². The van der Waals surface area contributed by atoms with Crippen LogP contribution in [0.2, 0.25) is 0 Å². The summed E-state index contributed by atoms with van der Waals surface area (Å²) >= 11 is 0. The van der Waals surface area contributed by atoms with Gasteiger partial charge in [0.05, 0.1) is 7.11 Å². The molecule has 0 bridgehead atoms. The van der Waals surface area contributed by atoms with E-state index in [1.165, 1.54) is 0 Å². The van der Waals surface area contributed by atoms with E-state index >= 15 is 0 Å². The molecular weight excluding hydrogens is 220 g/mol. The van der Waals surface area contributed by atoms with Crippen molar-refractivity contribution in [2.75, 3.05) is 13.8 Å². The van der Waals surface area contributed by atoms with E-state index in [0.717, 1.165) is 0 Å². The van der Waals surface area contributed by atoms with Crippen LogP contribution in [-0.4, -0.2) is 25.9 Å². The van der Waals surface area contributed by atoms with Crippen LogP contribution in [0.3, 0.4) is 0 Å². The van der Waals surface area contributed by atoms with Crippen LogP contribution in [0.4, 0.5) is 4.79 Å². The van der Waals surface area contributed by atoms with Crippen molar-refractivity contribution >= 4 is 6.03 Å². The molecule has 0 radical (unpaired) electrons. The molecule has 17 heavy (non-hydrogen) atoms. The van der Waals surface area contributed by atoms with Gasteiger partial charge in [0.25, 0.3) is 0 Å². The van der Waals surface area contributed by atoms with Gasteiger partial charge in [0.1, 0.15) is 0 Å². The summed E-state index contributed by atoms with van der Waals surface area (Å²) in [5.74, 6) is 1.23. The second-order valence-corrected chi connectivity index (χ2v) is 3.74. The van der Waals surface area contributed by atoms with Crippen LogP contribution in [0.15, 0.2) is 24.3 Å². The molecule has 1 aromatic carbocycles. The summed E-state index contributed by atoms with van der Waals surface area (Å²) in [6, 6.07) is 7.11. The fourth-order valence-corrected chi connectivity index (χ4v) is 1.23. The lowest BCUT2D eigenvalue weighted by Gasteiger charge is -2.12. The van der Waals surface area contributed by atoms with Crippen LogP contribution in [0.5, 0.6) is 11.5 Å². The number of hydrogen-bond acceptors (Lipinski definition) is 3. The van der Waals surface area contributed by atoms with E-state index in [0.29, 0.717) is 11.5 Å². The van der Waals surface area contributed by atoms with Gasteiger partial charge in [-0.2, -0.15) is 0 Å². The molecule has 0 fully saturated rings. The second-order valence-electron chi connectivity index (χ2n) is 3.74. The van der Waals surface area contributed by atoms with Crippen molar-refractivity contribution in [3.8, 4) is 11.5 Å². The largest absolute Gasteiger partial charge is 0.493 e. The standard InChI is InChI=1S/C12H18N2O3/c1-9(2)14-12(15)13-8-17-11-7-5-4-6-10(11)16-3/h4-7,9H,8H2,1-3H3,(H2,13,14,15). The summed E-state index contributed by atoms with van der Waals surface area (Å²) in [4.78, 5) is 11.3. The van der Waals surface area contributed by atoms with Crippen LogP contribution in [0.1, 0.15) is 13.8 Å². The third kappa shape index (κ3) is 4.63. The molecule has 0 aliphatic heterocycles. The third-order valence-electron chi connectivity index (χ3n) is 1.95. The number of rotatable bonds is 5. The van der Waals surface area contributed by atoms with E-state index < -0.39 is 0 Å². The zero-order chi connectivity index (χ0) is 12.7. The fourth-order valence-electron chi connectivity index (χ4n) is 1.23. The van der Waals surface area contributed by atoms with Gasteiger partial charge in [-0.3, -0.25) is 0 Å². The predicted molar refractivity (Wildman–Crippen MR) is 65.3 cm³/mol. The SMILES string of the molecule is COc1ccccc1OCNC(=O)NC(C)C. The maximum absolute atomic E-state index is 11.3. The van der Waals surface area contributed by atoms with Gasteiger partial charge in [0, 0.05) is 6.04 Å². The zero-order valence-corrected chi connectivity index (χ0v) is 10.3. The Morgan fingerprint density at radius 2 is 1.94 bits per heavy atom. The average Bonchev–Trinajstić information content (AvgIpc) is 2.28. The molecule has 0 aromatic heterocycles. The summed E-state index contributed by atoms with van der Waals surface area (Å²) in [5.41, 5.74) is 0. The molecule has 5 nitrogen and oxygen atoms in total. The number of carbonyl (C=O) groups is 1. The summed E-state index contributed by atoms with van der Waals surface area (Å²) in [6.07, 6.45) is 0. The minimum absolute atomic E-state index is 0.0962. The average molecular weight is 238 g/mol. The normalized spacial score (nSPS) is 9.88. The van der Waals surface area contributed by atoms with Crippen LogP contribution < -0.4 is 20.1 Å². The van der Waals surface area contributed by atoms with Crippen LogP contribution in [0.25, 0.3) is 0 Å². The van der Waals surface area contributed by atoms with E-state index in [-0.39, 0.29) is 18.8 Å². The van der Waals surface area contributed by atoms with E-state index in [9.17, 15) is 4.79 Å². The highest BCUT2D eigenvalue weighted by Crippen LogP contribution is 2.25. The molecule has 5 heteroatoms. The lowest BCUT2D eigenvalue weighted by Crippen LogP contribution is -2.41. The van der Waals surface area contributed by atoms with Gasteiger partial charge in [-0.1, -0.05) is 12.1 Å². The summed E-state index contributed by atoms with van der Waals surface area (Å²) in [6.45, 7) is 3.88. The summed E-state index contributed by atoms with van der Waals surface area (Å²) in [7, 11) is 1.57. The molecule has 0 saturated heterocycles. The summed E-state index contributed by atoms with van der Waals surface area (Å²) in [5, 5.41) is 5.28. The van der Waals surface area contributed by atoms with Crippen LogP contribution >= 0.6 is 0 Å². The topological polar surface area (TPSA) is 59.6 Å². The van der Waals surface area contributed by atoms with E-state index in [2.05, 4.69) is 10.6 Å². The molecule has 1 rings (SSSR count). The Balaban J connectivity index is 2.38. The highest BCUT2D eigenvalue weighted by Gasteiger charge is 2.04. The number of hydrogen-bond donors (Lipinski definition) is 2. The van der Waals surface area contributed by atoms with E-state index in [1.54, 1.807) is 19.2 Å². The molecular formula is C12H18N2O3. The van der Waals surface area contributed by atoms with Crippen molar-refractivity contribution in [3.05, 3.63) is 24.3 Å². The molecule has 94 valence electrons. The molecule has 0 saturated carbocycles. The lowest BCUT2D eigenvalue weighted by atomic mass is 10.3. The molecule has 0 heterocycles. The highest BCUT2D eigenvalue weighted by atomic mass is 16.5. The Kier molecular flexibility index (Phi) is 5.13.